The maximum Gasteiger partial charge on any atom is 0.304 e. The van der Waals surface area contributed by atoms with Gasteiger partial charge in [-0.25, -0.2) is 8.42 Å². The van der Waals surface area contributed by atoms with Crippen molar-refractivity contribution in [2.75, 3.05) is 13.1 Å². The number of rotatable bonds is 8. The van der Waals surface area contributed by atoms with E-state index in [1.165, 1.54) is 4.31 Å². The molecule has 0 aliphatic carbocycles. The topological polar surface area (TPSA) is 74.7 Å². The molecule has 1 rings (SSSR count). The molecule has 0 heterocycles. The third-order valence-electron chi connectivity index (χ3n) is 3.03. The Morgan fingerprint density at radius 3 is 2.25 bits per heavy atom. The molecule has 112 valence electrons. The molecule has 1 aromatic rings. The Labute approximate surface area is 120 Å². The van der Waals surface area contributed by atoms with Gasteiger partial charge >= 0.3 is 5.97 Å². The van der Waals surface area contributed by atoms with Gasteiger partial charge in [0.05, 0.1) is 11.3 Å². The summed E-state index contributed by atoms with van der Waals surface area (Å²) in [5.74, 6) is -1.00. The van der Waals surface area contributed by atoms with Gasteiger partial charge in [0.2, 0.25) is 10.0 Å². The number of aryl methyl sites for hydroxylation is 1. The first-order chi connectivity index (χ1) is 9.41. The van der Waals surface area contributed by atoms with Crippen molar-refractivity contribution in [3.8, 4) is 0 Å². The van der Waals surface area contributed by atoms with E-state index in [4.69, 9.17) is 5.11 Å². The van der Waals surface area contributed by atoms with Crippen LogP contribution >= 0.6 is 0 Å². The monoisotopic (exact) mass is 299 g/mol. The number of carboxylic acids is 1. The Hall–Kier alpha value is -1.40. The summed E-state index contributed by atoms with van der Waals surface area (Å²) >= 11 is 0. The molecule has 1 N–H and O–H groups in total. The second-order valence-electron chi connectivity index (χ2n) is 4.53. The van der Waals surface area contributed by atoms with Crippen LogP contribution in [0.15, 0.2) is 29.2 Å². The quantitative estimate of drug-likeness (QED) is 0.798. The van der Waals surface area contributed by atoms with Gasteiger partial charge in [0.15, 0.2) is 0 Å². The molecule has 0 bridgehead atoms. The first-order valence-corrected chi connectivity index (χ1v) is 8.16. The number of hydrogen-bond donors (Lipinski definition) is 1. The molecule has 0 aliphatic heterocycles. The van der Waals surface area contributed by atoms with Gasteiger partial charge in [0, 0.05) is 13.1 Å². The molecule has 0 atom stereocenters. The van der Waals surface area contributed by atoms with Crippen molar-refractivity contribution >= 4 is 16.0 Å². The van der Waals surface area contributed by atoms with Gasteiger partial charge in [-0.05, 0) is 24.1 Å². The maximum absolute atomic E-state index is 12.4. The fourth-order valence-corrected chi connectivity index (χ4v) is 3.38. The lowest BCUT2D eigenvalue weighted by atomic mass is 10.1. The lowest BCUT2D eigenvalue weighted by Gasteiger charge is -2.19. The Kier molecular flexibility index (Phi) is 6.16. The molecule has 0 unspecified atom stereocenters. The molecular weight excluding hydrogens is 278 g/mol. The van der Waals surface area contributed by atoms with Gasteiger partial charge in [-0.1, -0.05) is 32.4 Å². The summed E-state index contributed by atoms with van der Waals surface area (Å²) in [5.41, 5.74) is 1.10. The average molecular weight is 299 g/mol. The van der Waals surface area contributed by atoms with Gasteiger partial charge in [-0.2, -0.15) is 4.31 Å². The van der Waals surface area contributed by atoms with Crippen LogP contribution in [0.3, 0.4) is 0 Å². The molecule has 0 saturated carbocycles. The molecular formula is C14H21NO4S. The second-order valence-corrected chi connectivity index (χ2v) is 6.47. The number of sulfonamides is 1. The summed E-state index contributed by atoms with van der Waals surface area (Å²) in [6, 6.07) is 6.79. The maximum atomic E-state index is 12.4. The summed E-state index contributed by atoms with van der Waals surface area (Å²) in [4.78, 5) is 10.8. The van der Waals surface area contributed by atoms with E-state index in [-0.39, 0.29) is 24.4 Å². The highest BCUT2D eigenvalue weighted by atomic mass is 32.2. The van der Waals surface area contributed by atoms with Crippen LogP contribution in [0, 0.1) is 0 Å². The summed E-state index contributed by atoms with van der Waals surface area (Å²) in [5, 5.41) is 8.67. The first kappa shape index (κ1) is 16.7. The van der Waals surface area contributed by atoms with Gasteiger partial charge in [0.1, 0.15) is 0 Å². The SMILES string of the molecule is CCCc1ccc(S(=O)(=O)N(CC)CCC(=O)O)cc1. The van der Waals surface area contributed by atoms with Crippen LogP contribution in [0.25, 0.3) is 0 Å². The summed E-state index contributed by atoms with van der Waals surface area (Å²) in [6.45, 7) is 4.01. The zero-order valence-corrected chi connectivity index (χ0v) is 12.7. The predicted octanol–water partition coefficient (Wildman–Crippen LogP) is 2.12. The van der Waals surface area contributed by atoms with E-state index in [0.717, 1.165) is 18.4 Å². The Balaban J connectivity index is 2.92. The highest BCUT2D eigenvalue weighted by Gasteiger charge is 2.23. The van der Waals surface area contributed by atoms with Crippen LogP contribution < -0.4 is 0 Å². The summed E-state index contributed by atoms with van der Waals surface area (Å²) < 4.78 is 25.9. The largest absolute Gasteiger partial charge is 0.481 e. The molecule has 0 amide bonds. The van der Waals surface area contributed by atoms with Gasteiger partial charge < -0.3 is 5.11 Å². The van der Waals surface area contributed by atoms with Crippen molar-refractivity contribution in [1.29, 1.82) is 0 Å². The minimum atomic E-state index is -3.61. The number of carboxylic acid groups (broad SMARTS) is 1. The third-order valence-corrected chi connectivity index (χ3v) is 5.02. The first-order valence-electron chi connectivity index (χ1n) is 6.72. The van der Waals surface area contributed by atoms with Crippen LogP contribution in [0.5, 0.6) is 0 Å². The molecule has 6 heteroatoms. The van der Waals surface area contributed by atoms with Gasteiger partial charge in [-0.15, -0.1) is 0 Å². The number of nitrogens with zero attached hydrogens (tertiary/aromatic N) is 1. The van der Waals surface area contributed by atoms with E-state index in [1.54, 1.807) is 31.2 Å². The zero-order valence-electron chi connectivity index (χ0n) is 11.9. The van der Waals surface area contributed by atoms with E-state index in [9.17, 15) is 13.2 Å². The standard InChI is InChI=1S/C14H21NO4S/c1-3-5-12-6-8-13(9-7-12)20(18,19)15(4-2)11-10-14(16)17/h6-9H,3-5,10-11H2,1-2H3,(H,16,17). The molecule has 5 nitrogen and oxygen atoms in total. The van der Waals surface area contributed by atoms with E-state index in [0.29, 0.717) is 0 Å². The molecule has 0 saturated heterocycles. The average Bonchev–Trinajstić information content (AvgIpc) is 2.40. The van der Waals surface area contributed by atoms with Crippen molar-refractivity contribution in [3.63, 3.8) is 0 Å². The highest BCUT2D eigenvalue weighted by Crippen LogP contribution is 2.17. The van der Waals surface area contributed by atoms with Crippen molar-refractivity contribution in [2.24, 2.45) is 0 Å². The van der Waals surface area contributed by atoms with E-state index in [1.807, 2.05) is 0 Å². The highest BCUT2D eigenvalue weighted by molar-refractivity contribution is 7.89. The fourth-order valence-electron chi connectivity index (χ4n) is 1.93. The molecule has 0 aliphatic rings. The normalized spacial score (nSPS) is 11.8. The third kappa shape index (κ3) is 4.31. The minimum absolute atomic E-state index is 0.00905. The summed E-state index contributed by atoms with van der Waals surface area (Å²) in [6.07, 6.45) is 1.73. The Bertz CT molecular complexity index is 537. The van der Waals surface area contributed by atoms with Gasteiger partial charge in [0.25, 0.3) is 0 Å². The predicted molar refractivity (Wildman–Crippen MR) is 77.1 cm³/mol. The Morgan fingerprint density at radius 1 is 1.20 bits per heavy atom. The number of carbonyl (C=O) groups is 1. The van der Waals surface area contributed by atoms with Crippen LogP contribution in [0.2, 0.25) is 0 Å². The summed E-state index contributed by atoms with van der Waals surface area (Å²) in [7, 11) is -3.61. The van der Waals surface area contributed by atoms with Crippen LogP contribution in [-0.2, 0) is 21.2 Å². The lowest BCUT2D eigenvalue weighted by Crippen LogP contribution is -2.32. The van der Waals surface area contributed by atoms with E-state index >= 15 is 0 Å². The fraction of sp³-hybridized carbons (Fsp3) is 0.500. The minimum Gasteiger partial charge on any atom is -0.481 e. The van der Waals surface area contributed by atoms with Crippen LogP contribution in [0.4, 0.5) is 0 Å². The van der Waals surface area contributed by atoms with Gasteiger partial charge in [-0.3, -0.25) is 4.79 Å². The molecule has 0 aromatic heterocycles. The van der Waals surface area contributed by atoms with E-state index < -0.39 is 16.0 Å². The van der Waals surface area contributed by atoms with Crippen molar-refractivity contribution in [3.05, 3.63) is 29.8 Å². The molecule has 0 fully saturated rings. The van der Waals surface area contributed by atoms with Crippen molar-refractivity contribution in [1.82, 2.24) is 4.31 Å². The molecule has 1 aromatic carbocycles. The molecule has 20 heavy (non-hydrogen) atoms. The zero-order chi connectivity index (χ0) is 15.2. The van der Waals surface area contributed by atoms with Crippen LogP contribution in [-0.4, -0.2) is 36.9 Å². The van der Waals surface area contributed by atoms with Crippen molar-refractivity contribution < 1.29 is 18.3 Å². The van der Waals surface area contributed by atoms with Crippen LogP contribution in [0.1, 0.15) is 32.3 Å². The Morgan fingerprint density at radius 2 is 1.80 bits per heavy atom. The number of aliphatic carboxylic acids is 1. The van der Waals surface area contributed by atoms with E-state index in [2.05, 4.69) is 6.92 Å². The second kappa shape index (κ2) is 7.40. The van der Waals surface area contributed by atoms with Crippen molar-refractivity contribution in [2.45, 2.75) is 38.0 Å². The number of benzene rings is 1. The lowest BCUT2D eigenvalue weighted by molar-refractivity contribution is -0.137. The molecule has 0 radical (unpaired) electrons. The smallest absolute Gasteiger partial charge is 0.304 e. The molecule has 0 spiro atoms. The number of hydrogen-bond acceptors (Lipinski definition) is 3.